The van der Waals surface area contributed by atoms with Crippen molar-refractivity contribution in [1.29, 1.82) is 0 Å². The quantitative estimate of drug-likeness (QED) is 0.845. The normalized spacial score (nSPS) is 18.6. The van der Waals surface area contributed by atoms with Gasteiger partial charge in [-0.05, 0) is 49.2 Å². The van der Waals surface area contributed by atoms with Crippen LogP contribution in [0.4, 0.5) is 11.4 Å². The predicted octanol–water partition coefficient (Wildman–Crippen LogP) is 3.52. The molecule has 1 fully saturated rings. The standard InChI is InChI=1S/C19H19ClN2O4S/c1-11-4-5-12(2)17(8-11)21-18(23)15-9-14(6-7-16(15)20)22-19(24)13(3)10-27(22,25)26/h4-9,13H,10H2,1-3H3,(H,21,23). The zero-order valence-corrected chi connectivity index (χ0v) is 16.7. The number of benzene rings is 2. The smallest absolute Gasteiger partial charge is 0.257 e. The summed E-state index contributed by atoms with van der Waals surface area (Å²) in [6, 6.07) is 9.83. The molecule has 0 spiro atoms. The van der Waals surface area contributed by atoms with Gasteiger partial charge in [-0.2, -0.15) is 0 Å². The first kappa shape index (κ1) is 19.4. The summed E-state index contributed by atoms with van der Waals surface area (Å²) in [6.45, 7) is 5.33. The Kier molecular flexibility index (Phi) is 5.01. The van der Waals surface area contributed by atoms with Crippen LogP contribution in [0.25, 0.3) is 0 Å². The molecule has 1 aliphatic rings. The highest BCUT2D eigenvalue weighted by Gasteiger charge is 2.42. The van der Waals surface area contributed by atoms with E-state index in [1.807, 2.05) is 32.0 Å². The first-order valence-corrected chi connectivity index (χ1v) is 10.3. The van der Waals surface area contributed by atoms with Gasteiger partial charge in [-0.25, -0.2) is 12.7 Å². The summed E-state index contributed by atoms with van der Waals surface area (Å²) in [5.74, 6) is -1.87. The molecule has 1 unspecified atom stereocenters. The second-order valence-corrected chi connectivity index (χ2v) is 8.99. The highest BCUT2D eigenvalue weighted by Crippen LogP contribution is 2.31. The van der Waals surface area contributed by atoms with Crippen LogP contribution >= 0.6 is 11.6 Å². The van der Waals surface area contributed by atoms with E-state index in [4.69, 9.17) is 11.6 Å². The number of amides is 2. The average molecular weight is 407 g/mol. The molecule has 8 heteroatoms. The molecule has 1 atom stereocenters. The van der Waals surface area contributed by atoms with Crippen molar-refractivity contribution >= 4 is 44.8 Å². The topological polar surface area (TPSA) is 83.6 Å². The van der Waals surface area contributed by atoms with Crippen molar-refractivity contribution in [3.05, 3.63) is 58.1 Å². The minimum absolute atomic E-state index is 0.0950. The van der Waals surface area contributed by atoms with Crippen LogP contribution in [-0.2, 0) is 14.8 Å². The third-order valence-corrected chi connectivity index (χ3v) is 6.63. The van der Waals surface area contributed by atoms with Crippen LogP contribution in [0.2, 0.25) is 5.02 Å². The first-order chi connectivity index (χ1) is 12.6. The van der Waals surface area contributed by atoms with Gasteiger partial charge in [0.2, 0.25) is 15.9 Å². The van der Waals surface area contributed by atoms with Crippen molar-refractivity contribution in [1.82, 2.24) is 0 Å². The Bertz CT molecular complexity index is 1050. The third-order valence-electron chi connectivity index (χ3n) is 4.43. The molecule has 6 nitrogen and oxygen atoms in total. The van der Waals surface area contributed by atoms with Crippen LogP contribution in [0.5, 0.6) is 0 Å². The maximum Gasteiger partial charge on any atom is 0.257 e. The first-order valence-electron chi connectivity index (χ1n) is 8.35. The molecule has 2 aromatic carbocycles. The molecule has 1 N–H and O–H groups in total. The average Bonchev–Trinajstić information content (AvgIpc) is 2.79. The molecule has 142 valence electrons. The van der Waals surface area contributed by atoms with E-state index < -0.39 is 27.8 Å². The van der Waals surface area contributed by atoms with Crippen molar-refractivity contribution in [2.45, 2.75) is 20.8 Å². The van der Waals surface area contributed by atoms with Gasteiger partial charge in [0.25, 0.3) is 5.91 Å². The van der Waals surface area contributed by atoms with Gasteiger partial charge in [0, 0.05) is 5.69 Å². The van der Waals surface area contributed by atoms with Gasteiger partial charge in [0.05, 0.1) is 27.9 Å². The predicted molar refractivity (Wildman–Crippen MR) is 106 cm³/mol. The molecule has 0 bridgehead atoms. The highest BCUT2D eigenvalue weighted by molar-refractivity contribution is 7.94. The van der Waals surface area contributed by atoms with Gasteiger partial charge in [-0.1, -0.05) is 30.7 Å². The molecular weight excluding hydrogens is 388 g/mol. The SMILES string of the molecule is Cc1ccc(C)c(NC(=O)c2cc(N3C(=O)C(C)CS3(=O)=O)ccc2Cl)c1. The number of hydrogen-bond acceptors (Lipinski definition) is 4. The lowest BCUT2D eigenvalue weighted by Crippen LogP contribution is -2.30. The molecule has 0 saturated carbocycles. The number of anilines is 2. The number of hydrogen-bond donors (Lipinski definition) is 1. The van der Waals surface area contributed by atoms with E-state index in [0.717, 1.165) is 15.4 Å². The minimum atomic E-state index is -3.76. The molecule has 2 aromatic rings. The van der Waals surface area contributed by atoms with Crippen molar-refractivity contribution in [3.63, 3.8) is 0 Å². The van der Waals surface area contributed by atoms with Gasteiger partial charge in [-0.15, -0.1) is 0 Å². The van der Waals surface area contributed by atoms with E-state index in [1.165, 1.54) is 18.2 Å². The summed E-state index contributed by atoms with van der Waals surface area (Å²) < 4.78 is 25.3. The van der Waals surface area contributed by atoms with Crippen LogP contribution in [0.3, 0.4) is 0 Å². The Morgan fingerprint density at radius 3 is 2.52 bits per heavy atom. The Labute approximate surface area is 163 Å². The summed E-state index contributed by atoms with van der Waals surface area (Å²) in [6.07, 6.45) is 0. The molecule has 1 saturated heterocycles. The van der Waals surface area contributed by atoms with E-state index in [1.54, 1.807) is 6.92 Å². The Morgan fingerprint density at radius 2 is 1.89 bits per heavy atom. The van der Waals surface area contributed by atoms with Crippen LogP contribution in [-0.4, -0.2) is 26.0 Å². The van der Waals surface area contributed by atoms with E-state index in [0.29, 0.717) is 5.69 Å². The van der Waals surface area contributed by atoms with Crippen molar-refractivity contribution in [2.75, 3.05) is 15.4 Å². The number of sulfonamides is 1. The molecule has 0 aliphatic carbocycles. The molecular formula is C19H19ClN2O4S. The zero-order chi connectivity index (χ0) is 19.9. The summed E-state index contributed by atoms with van der Waals surface area (Å²) in [7, 11) is -3.76. The Balaban J connectivity index is 1.97. The Morgan fingerprint density at radius 1 is 1.19 bits per heavy atom. The number of carbonyl (C=O) groups excluding carboxylic acids is 2. The van der Waals surface area contributed by atoms with Gasteiger partial charge in [0.15, 0.2) is 0 Å². The number of nitrogens with one attached hydrogen (secondary N) is 1. The van der Waals surface area contributed by atoms with Crippen LogP contribution in [0.1, 0.15) is 28.4 Å². The van der Waals surface area contributed by atoms with E-state index in [-0.39, 0.29) is 22.0 Å². The molecule has 1 heterocycles. The number of aryl methyl sites for hydroxylation is 2. The van der Waals surface area contributed by atoms with Gasteiger partial charge < -0.3 is 5.32 Å². The van der Waals surface area contributed by atoms with Gasteiger partial charge >= 0.3 is 0 Å². The lowest BCUT2D eigenvalue weighted by atomic mass is 10.1. The maximum atomic E-state index is 12.7. The minimum Gasteiger partial charge on any atom is -0.322 e. The molecule has 27 heavy (non-hydrogen) atoms. The van der Waals surface area contributed by atoms with Crippen molar-refractivity contribution in [3.8, 4) is 0 Å². The maximum absolute atomic E-state index is 12.7. The van der Waals surface area contributed by atoms with E-state index in [2.05, 4.69) is 5.32 Å². The van der Waals surface area contributed by atoms with Crippen LogP contribution < -0.4 is 9.62 Å². The van der Waals surface area contributed by atoms with Crippen LogP contribution in [0, 0.1) is 19.8 Å². The number of carbonyl (C=O) groups is 2. The zero-order valence-electron chi connectivity index (χ0n) is 15.1. The van der Waals surface area contributed by atoms with Crippen molar-refractivity contribution < 1.29 is 18.0 Å². The number of nitrogens with zero attached hydrogens (tertiary/aromatic N) is 1. The molecule has 0 radical (unpaired) electrons. The molecule has 3 rings (SSSR count). The number of rotatable bonds is 3. The molecule has 0 aromatic heterocycles. The summed E-state index contributed by atoms with van der Waals surface area (Å²) >= 11 is 6.16. The van der Waals surface area contributed by atoms with Gasteiger partial charge in [0.1, 0.15) is 0 Å². The summed E-state index contributed by atoms with van der Waals surface area (Å²) in [4.78, 5) is 25.0. The summed E-state index contributed by atoms with van der Waals surface area (Å²) in [5, 5.41) is 2.96. The molecule has 2 amide bonds. The highest BCUT2D eigenvalue weighted by atomic mass is 35.5. The Hall–Kier alpha value is -2.38. The number of halogens is 1. The second kappa shape index (κ2) is 6.98. The van der Waals surface area contributed by atoms with E-state index >= 15 is 0 Å². The fourth-order valence-electron chi connectivity index (χ4n) is 2.96. The fourth-order valence-corrected chi connectivity index (χ4v) is 4.98. The summed E-state index contributed by atoms with van der Waals surface area (Å²) in [5.41, 5.74) is 2.71. The van der Waals surface area contributed by atoms with Gasteiger partial charge in [-0.3, -0.25) is 9.59 Å². The third kappa shape index (κ3) is 3.70. The molecule has 1 aliphatic heterocycles. The van der Waals surface area contributed by atoms with Crippen LogP contribution in [0.15, 0.2) is 36.4 Å². The lowest BCUT2D eigenvalue weighted by molar-refractivity contribution is -0.119. The largest absolute Gasteiger partial charge is 0.322 e. The fraction of sp³-hybridized carbons (Fsp3) is 0.263. The monoisotopic (exact) mass is 406 g/mol. The lowest BCUT2D eigenvalue weighted by Gasteiger charge is -2.17. The second-order valence-electron chi connectivity index (χ2n) is 6.72. The van der Waals surface area contributed by atoms with Crippen molar-refractivity contribution in [2.24, 2.45) is 5.92 Å². The van der Waals surface area contributed by atoms with E-state index in [9.17, 15) is 18.0 Å².